The molecule has 118 valence electrons. The zero-order valence-electron chi connectivity index (χ0n) is 11.2. The molecule has 9 heteroatoms. The second-order valence-corrected chi connectivity index (χ2v) is 4.76. The van der Waals surface area contributed by atoms with E-state index in [-0.39, 0.29) is 5.56 Å². The van der Waals surface area contributed by atoms with Crippen LogP contribution >= 0.6 is 11.6 Å². The van der Waals surface area contributed by atoms with Crippen molar-refractivity contribution in [2.45, 2.75) is 12.0 Å². The van der Waals surface area contributed by atoms with Crippen LogP contribution in [0.2, 0.25) is 0 Å². The lowest BCUT2D eigenvalue weighted by Gasteiger charge is -2.36. The van der Waals surface area contributed by atoms with Crippen LogP contribution in [0.15, 0.2) is 41.1 Å². The largest absolute Gasteiger partial charge is 0.467 e. The average Bonchev–Trinajstić information content (AvgIpc) is 2.53. The molecule has 0 radical (unpaired) electrons. The first-order valence-corrected chi connectivity index (χ1v) is 6.35. The van der Waals surface area contributed by atoms with Crippen molar-refractivity contribution in [1.82, 2.24) is 10.3 Å². The molecule has 1 aliphatic heterocycles. The average molecular weight is 334 g/mol. The third-order valence-electron chi connectivity index (χ3n) is 3.15. The Morgan fingerprint density at radius 2 is 2.23 bits per heavy atom. The third-order valence-corrected chi connectivity index (χ3v) is 3.65. The van der Waals surface area contributed by atoms with Crippen LogP contribution in [0.4, 0.5) is 13.2 Å². The summed E-state index contributed by atoms with van der Waals surface area (Å²) in [4.78, 5) is 15.6. The first-order valence-electron chi connectivity index (χ1n) is 5.97. The lowest BCUT2D eigenvalue weighted by atomic mass is 9.92. The molecule has 2 rings (SSSR count). The fourth-order valence-electron chi connectivity index (χ4n) is 2.00. The molecule has 2 heterocycles. The molecule has 5 nitrogen and oxygen atoms in total. The summed E-state index contributed by atoms with van der Waals surface area (Å²) in [5.74, 6) is -2.44. The maximum absolute atomic E-state index is 14.3. The maximum atomic E-state index is 14.3. The molecule has 0 saturated carbocycles. The van der Waals surface area contributed by atoms with Gasteiger partial charge < -0.3 is 15.8 Å². The van der Waals surface area contributed by atoms with Gasteiger partial charge in [-0.05, 0) is 12.1 Å². The van der Waals surface area contributed by atoms with E-state index in [0.717, 1.165) is 7.11 Å². The van der Waals surface area contributed by atoms with E-state index in [0.29, 0.717) is 0 Å². The standard InChI is InChI=1S/C13H11ClF3N3O2/c1-22-12(21)13(11(16)17)10(14)8(18)7(15)9(20-13)6-3-2-4-19-5-6/h2-5,11,20H,18H2,1H3. The van der Waals surface area contributed by atoms with Gasteiger partial charge in [0.15, 0.2) is 5.83 Å². The minimum atomic E-state index is -3.33. The number of dihydropyridines is 1. The van der Waals surface area contributed by atoms with Gasteiger partial charge in [0.2, 0.25) is 5.54 Å². The van der Waals surface area contributed by atoms with Gasteiger partial charge in [0, 0.05) is 18.0 Å². The highest BCUT2D eigenvalue weighted by atomic mass is 35.5. The van der Waals surface area contributed by atoms with E-state index in [9.17, 15) is 18.0 Å². The topological polar surface area (TPSA) is 77.2 Å². The van der Waals surface area contributed by atoms with Crippen molar-refractivity contribution in [3.8, 4) is 0 Å². The number of nitrogens with zero attached hydrogens (tertiary/aromatic N) is 1. The van der Waals surface area contributed by atoms with Crippen molar-refractivity contribution in [2.24, 2.45) is 5.73 Å². The molecule has 1 aromatic rings. The molecule has 22 heavy (non-hydrogen) atoms. The first-order chi connectivity index (χ1) is 10.4. The molecule has 1 atom stereocenters. The van der Waals surface area contributed by atoms with Crippen LogP contribution in [0, 0.1) is 0 Å². The Bertz CT molecular complexity index is 664. The number of halogens is 4. The van der Waals surface area contributed by atoms with Crippen LogP contribution in [-0.4, -0.2) is 30.0 Å². The molecule has 0 aliphatic carbocycles. The number of methoxy groups -OCH3 is 1. The molecule has 3 N–H and O–H groups in total. The predicted molar refractivity (Wildman–Crippen MR) is 73.2 cm³/mol. The molecular formula is C13H11ClF3N3O2. The minimum absolute atomic E-state index is 0.126. The van der Waals surface area contributed by atoms with E-state index in [4.69, 9.17) is 17.3 Å². The van der Waals surface area contributed by atoms with E-state index in [1.807, 2.05) is 0 Å². The maximum Gasteiger partial charge on any atom is 0.343 e. The van der Waals surface area contributed by atoms with E-state index in [2.05, 4.69) is 15.0 Å². The Morgan fingerprint density at radius 3 is 2.73 bits per heavy atom. The predicted octanol–water partition coefficient (Wildman–Crippen LogP) is 1.91. The number of ether oxygens (including phenoxy) is 1. The number of hydrogen-bond acceptors (Lipinski definition) is 5. The van der Waals surface area contributed by atoms with Crippen LogP contribution < -0.4 is 11.1 Å². The van der Waals surface area contributed by atoms with Crippen LogP contribution in [0.1, 0.15) is 5.56 Å². The summed E-state index contributed by atoms with van der Waals surface area (Å²) in [6.07, 6.45) is -0.690. The van der Waals surface area contributed by atoms with Crippen LogP contribution in [0.3, 0.4) is 0 Å². The summed E-state index contributed by atoms with van der Waals surface area (Å²) in [6, 6.07) is 2.88. The molecule has 0 saturated heterocycles. The third kappa shape index (κ3) is 2.29. The van der Waals surface area contributed by atoms with Gasteiger partial charge in [-0.1, -0.05) is 11.6 Å². The van der Waals surface area contributed by atoms with E-state index >= 15 is 0 Å². The molecule has 1 aromatic heterocycles. The van der Waals surface area contributed by atoms with Crippen molar-refractivity contribution in [2.75, 3.05) is 7.11 Å². The molecule has 1 aliphatic rings. The highest BCUT2D eigenvalue weighted by molar-refractivity contribution is 6.34. The summed E-state index contributed by atoms with van der Waals surface area (Å²) >= 11 is 5.73. The highest BCUT2D eigenvalue weighted by Gasteiger charge is 2.56. The fourth-order valence-corrected chi connectivity index (χ4v) is 2.29. The lowest BCUT2D eigenvalue weighted by Crippen LogP contribution is -2.60. The number of nitrogens with one attached hydrogen (secondary N) is 1. The van der Waals surface area contributed by atoms with E-state index in [1.54, 1.807) is 0 Å². The number of alkyl halides is 2. The molecule has 0 fully saturated rings. The number of hydrogen-bond donors (Lipinski definition) is 2. The van der Waals surface area contributed by atoms with Gasteiger partial charge in [0.25, 0.3) is 6.43 Å². The van der Waals surface area contributed by atoms with Gasteiger partial charge in [-0.15, -0.1) is 0 Å². The monoisotopic (exact) mass is 333 g/mol. The zero-order chi connectivity index (χ0) is 16.5. The number of rotatable bonds is 3. The van der Waals surface area contributed by atoms with Gasteiger partial charge in [-0.25, -0.2) is 18.0 Å². The normalized spacial score (nSPS) is 21.9. The van der Waals surface area contributed by atoms with Crippen molar-refractivity contribution < 1.29 is 22.7 Å². The highest BCUT2D eigenvalue weighted by Crippen LogP contribution is 2.40. The molecular weight excluding hydrogens is 323 g/mol. The smallest absolute Gasteiger partial charge is 0.343 e. The molecule has 0 aromatic carbocycles. The molecule has 0 bridgehead atoms. The summed E-state index contributed by atoms with van der Waals surface area (Å²) < 4.78 is 45.8. The summed E-state index contributed by atoms with van der Waals surface area (Å²) in [6.45, 7) is 0. The van der Waals surface area contributed by atoms with Gasteiger partial charge in [0.1, 0.15) is 0 Å². The summed E-state index contributed by atoms with van der Waals surface area (Å²) in [5.41, 5.74) is 1.64. The fraction of sp³-hybridized carbons (Fsp3) is 0.231. The molecule has 0 spiro atoms. The molecule has 0 amide bonds. The van der Waals surface area contributed by atoms with Crippen LogP contribution in [-0.2, 0) is 9.53 Å². The quantitative estimate of drug-likeness (QED) is 0.826. The Morgan fingerprint density at radius 1 is 1.55 bits per heavy atom. The summed E-state index contributed by atoms with van der Waals surface area (Å²) in [5, 5.41) is 1.27. The summed E-state index contributed by atoms with van der Waals surface area (Å²) in [7, 11) is 0.910. The van der Waals surface area contributed by atoms with Crippen molar-refractivity contribution in [1.29, 1.82) is 0 Å². The number of allylic oxidation sites excluding steroid dienone is 1. The first kappa shape index (κ1) is 16.2. The minimum Gasteiger partial charge on any atom is -0.467 e. The molecule has 1 unspecified atom stereocenters. The van der Waals surface area contributed by atoms with Crippen LogP contribution in [0.5, 0.6) is 0 Å². The second kappa shape index (κ2) is 5.88. The van der Waals surface area contributed by atoms with Crippen molar-refractivity contribution in [3.63, 3.8) is 0 Å². The second-order valence-electron chi connectivity index (χ2n) is 4.38. The Kier molecular flexibility index (Phi) is 4.32. The Labute approximate surface area is 128 Å². The zero-order valence-corrected chi connectivity index (χ0v) is 12.0. The Balaban J connectivity index is 2.67. The van der Waals surface area contributed by atoms with Gasteiger partial charge in [-0.3, -0.25) is 4.98 Å². The van der Waals surface area contributed by atoms with Crippen molar-refractivity contribution >= 4 is 23.3 Å². The van der Waals surface area contributed by atoms with Gasteiger partial charge >= 0.3 is 5.97 Å². The number of nitrogens with two attached hydrogens (primary N) is 1. The van der Waals surface area contributed by atoms with E-state index in [1.165, 1.54) is 24.5 Å². The van der Waals surface area contributed by atoms with Crippen LogP contribution in [0.25, 0.3) is 5.70 Å². The van der Waals surface area contributed by atoms with E-state index < -0.39 is 40.2 Å². The van der Waals surface area contributed by atoms with Gasteiger partial charge in [0.05, 0.1) is 23.5 Å². The number of esters is 1. The number of carbonyl (C=O) groups is 1. The number of aromatic nitrogens is 1. The van der Waals surface area contributed by atoms with Gasteiger partial charge in [-0.2, -0.15) is 0 Å². The number of pyridine rings is 1. The van der Waals surface area contributed by atoms with Crippen molar-refractivity contribution in [3.05, 3.63) is 46.6 Å². The lowest BCUT2D eigenvalue weighted by molar-refractivity contribution is -0.152. The number of carbonyl (C=O) groups excluding carboxylic acids is 1. The SMILES string of the molecule is COC(=O)C1(C(F)F)NC(c2cccnc2)=C(F)C(N)=C1Cl. The Hall–Kier alpha value is -2.22.